The van der Waals surface area contributed by atoms with E-state index >= 15 is 0 Å². The van der Waals surface area contributed by atoms with E-state index in [0.717, 1.165) is 38.5 Å². The van der Waals surface area contributed by atoms with E-state index in [2.05, 4.69) is 5.32 Å². The number of nitrogens with zero attached hydrogens (tertiary/aromatic N) is 2. The number of carbonyl (C=O) groups excluding carboxylic acids is 2. The van der Waals surface area contributed by atoms with Crippen molar-refractivity contribution in [1.29, 1.82) is 0 Å². The number of hydrogen-bond donors (Lipinski definition) is 1. The summed E-state index contributed by atoms with van der Waals surface area (Å²) in [5.74, 6) is -0.248. The van der Waals surface area contributed by atoms with Crippen molar-refractivity contribution in [1.82, 2.24) is 9.62 Å². The van der Waals surface area contributed by atoms with Gasteiger partial charge >= 0.3 is 0 Å². The number of benzene rings is 1. The first-order valence-corrected chi connectivity index (χ1v) is 13.1. The van der Waals surface area contributed by atoms with E-state index in [-0.39, 0.29) is 30.8 Å². The van der Waals surface area contributed by atoms with Crippen molar-refractivity contribution in [2.24, 2.45) is 0 Å². The number of rotatable bonds is 7. The smallest absolute Gasteiger partial charge is 0.247 e. The Bertz CT molecular complexity index is 927. The molecule has 1 atom stereocenters. The summed E-state index contributed by atoms with van der Waals surface area (Å²) in [7, 11) is -2.11. The van der Waals surface area contributed by atoms with E-state index in [1.807, 2.05) is 0 Å². The predicted octanol–water partition coefficient (Wildman–Crippen LogP) is 2.68. The molecular formula is C23H35N3O5S. The fourth-order valence-corrected chi connectivity index (χ4v) is 6.20. The molecule has 2 fully saturated rings. The minimum Gasteiger partial charge on any atom is -0.497 e. The van der Waals surface area contributed by atoms with Crippen molar-refractivity contribution < 1.29 is 22.7 Å². The Labute approximate surface area is 191 Å². The van der Waals surface area contributed by atoms with Crippen LogP contribution in [-0.2, 0) is 19.6 Å². The zero-order chi connectivity index (χ0) is 23.4. The highest BCUT2D eigenvalue weighted by atomic mass is 32.2. The average Bonchev–Trinajstić information content (AvgIpc) is 3.02. The predicted molar refractivity (Wildman–Crippen MR) is 124 cm³/mol. The molecule has 178 valence electrons. The normalized spacial score (nSPS) is 23.6. The molecule has 0 aromatic heterocycles. The van der Waals surface area contributed by atoms with Crippen LogP contribution in [0.2, 0.25) is 0 Å². The molecule has 1 heterocycles. The van der Waals surface area contributed by atoms with Gasteiger partial charge in [-0.1, -0.05) is 38.7 Å². The molecule has 0 bridgehead atoms. The van der Waals surface area contributed by atoms with Gasteiger partial charge in [0.2, 0.25) is 21.8 Å². The second kappa shape index (κ2) is 10.2. The van der Waals surface area contributed by atoms with Crippen LogP contribution in [0.15, 0.2) is 24.3 Å². The summed E-state index contributed by atoms with van der Waals surface area (Å²) in [5, 5.41) is 3.14. The monoisotopic (exact) mass is 465 g/mol. The first-order valence-electron chi connectivity index (χ1n) is 11.5. The zero-order valence-corrected chi connectivity index (χ0v) is 20.1. The van der Waals surface area contributed by atoms with Crippen LogP contribution >= 0.6 is 0 Å². The number of sulfonamides is 1. The largest absolute Gasteiger partial charge is 0.497 e. The third-order valence-electron chi connectivity index (χ3n) is 6.39. The molecule has 9 heteroatoms. The minimum atomic E-state index is -3.65. The van der Waals surface area contributed by atoms with Gasteiger partial charge in [-0.3, -0.25) is 14.5 Å². The van der Waals surface area contributed by atoms with E-state index in [9.17, 15) is 18.0 Å². The van der Waals surface area contributed by atoms with E-state index in [1.54, 1.807) is 38.1 Å². The van der Waals surface area contributed by atoms with Crippen molar-refractivity contribution in [3.05, 3.63) is 24.3 Å². The molecule has 1 aliphatic carbocycles. The lowest BCUT2D eigenvalue weighted by molar-refractivity contribution is -0.133. The molecule has 0 radical (unpaired) electrons. The summed E-state index contributed by atoms with van der Waals surface area (Å²) in [6, 6.07) is 7.00. The average molecular weight is 466 g/mol. The van der Waals surface area contributed by atoms with Crippen LogP contribution in [0.1, 0.15) is 58.8 Å². The maximum atomic E-state index is 13.7. The number of nitrogens with one attached hydrogen (secondary N) is 1. The van der Waals surface area contributed by atoms with Gasteiger partial charge in [-0.2, -0.15) is 4.31 Å². The van der Waals surface area contributed by atoms with E-state index in [4.69, 9.17) is 4.74 Å². The highest BCUT2D eigenvalue weighted by Gasteiger charge is 2.51. The molecule has 0 spiro atoms. The summed E-state index contributed by atoms with van der Waals surface area (Å²) in [6.07, 6.45) is 6.65. The highest BCUT2D eigenvalue weighted by molar-refractivity contribution is 7.89. The van der Waals surface area contributed by atoms with Crippen LogP contribution in [0.25, 0.3) is 0 Å². The Kier molecular flexibility index (Phi) is 7.82. The van der Waals surface area contributed by atoms with Crippen LogP contribution in [-0.4, -0.2) is 62.1 Å². The quantitative estimate of drug-likeness (QED) is 0.625. The van der Waals surface area contributed by atoms with Gasteiger partial charge in [0.1, 0.15) is 11.3 Å². The molecule has 1 unspecified atom stereocenters. The van der Waals surface area contributed by atoms with Crippen LogP contribution in [0.5, 0.6) is 5.75 Å². The van der Waals surface area contributed by atoms with Gasteiger partial charge in [0.25, 0.3) is 0 Å². The first-order chi connectivity index (χ1) is 15.2. The molecule has 1 aromatic carbocycles. The summed E-state index contributed by atoms with van der Waals surface area (Å²) < 4.78 is 32.1. The third-order valence-corrected chi connectivity index (χ3v) is 8.35. The number of carbonyl (C=O) groups is 2. The van der Waals surface area contributed by atoms with Gasteiger partial charge < -0.3 is 10.1 Å². The highest BCUT2D eigenvalue weighted by Crippen LogP contribution is 2.33. The minimum absolute atomic E-state index is 0.0340. The SMILES string of the molecule is CCCS(=O)(=O)N1CC(=O)N(c2cccc(OC)c2)C(C)(C(=O)NC2CCCCCC2)C1. The molecule has 1 saturated heterocycles. The lowest BCUT2D eigenvalue weighted by Crippen LogP contribution is -2.71. The van der Waals surface area contributed by atoms with Gasteiger partial charge in [-0.25, -0.2) is 8.42 Å². The molecule has 1 aromatic rings. The molecule has 1 N–H and O–H groups in total. The molecule has 32 heavy (non-hydrogen) atoms. The zero-order valence-electron chi connectivity index (χ0n) is 19.3. The number of piperazine rings is 1. The number of anilines is 1. The number of ether oxygens (including phenoxy) is 1. The lowest BCUT2D eigenvalue weighted by atomic mass is 9.93. The van der Waals surface area contributed by atoms with E-state index in [0.29, 0.717) is 17.9 Å². The standard InChI is InChI=1S/C23H35N3O5S/c1-4-14-32(29,30)25-16-21(27)26(19-12-9-13-20(15-19)31-3)23(2,17-25)22(28)24-18-10-7-5-6-8-11-18/h9,12-13,15,18H,4-8,10-11,14,16-17H2,1-3H3,(H,24,28). The summed E-state index contributed by atoms with van der Waals surface area (Å²) in [4.78, 5) is 28.4. The molecular weight excluding hydrogens is 430 g/mol. The van der Waals surface area contributed by atoms with E-state index < -0.39 is 21.5 Å². The third kappa shape index (κ3) is 5.26. The lowest BCUT2D eigenvalue weighted by Gasteiger charge is -2.47. The van der Waals surface area contributed by atoms with Gasteiger partial charge in [0.05, 0.1) is 19.4 Å². The van der Waals surface area contributed by atoms with Crippen LogP contribution in [0.3, 0.4) is 0 Å². The Hall–Kier alpha value is -2.13. The van der Waals surface area contributed by atoms with Gasteiger partial charge in [0, 0.05) is 24.3 Å². The Morgan fingerprint density at radius 2 is 1.91 bits per heavy atom. The van der Waals surface area contributed by atoms with Gasteiger partial charge in [-0.05, 0) is 38.3 Å². The molecule has 2 aliphatic rings. The number of amides is 2. The Morgan fingerprint density at radius 1 is 1.22 bits per heavy atom. The van der Waals surface area contributed by atoms with Crippen molar-refractivity contribution >= 4 is 27.5 Å². The molecule has 8 nitrogen and oxygen atoms in total. The maximum Gasteiger partial charge on any atom is 0.247 e. The van der Waals surface area contributed by atoms with Crippen LogP contribution < -0.4 is 15.0 Å². The van der Waals surface area contributed by atoms with Gasteiger partial charge in [-0.15, -0.1) is 0 Å². The molecule has 2 amide bonds. The fourth-order valence-electron chi connectivity index (χ4n) is 4.67. The van der Waals surface area contributed by atoms with Crippen molar-refractivity contribution in [2.75, 3.05) is 30.9 Å². The topological polar surface area (TPSA) is 96.0 Å². The van der Waals surface area contributed by atoms with Gasteiger partial charge in [0.15, 0.2) is 0 Å². The first kappa shape index (κ1) is 24.5. The molecule has 1 saturated carbocycles. The van der Waals surface area contributed by atoms with Crippen molar-refractivity contribution in [2.45, 2.75) is 70.4 Å². The van der Waals surface area contributed by atoms with E-state index in [1.165, 1.54) is 16.3 Å². The summed E-state index contributed by atoms with van der Waals surface area (Å²) in [5.41, 5.74) is -0.866. The maximum absolute atomic E-state index is 13.7. The summed E-state index contributed by atoms with van der Waals surface area (Å²) >= 11 is 0. The number of hydrogen-bond acceptors (Lipinski definition) is 5. The number of methoxy groups -OCH3 is 1. The molecule has 1 aliphatic heterocycles. The van der Waals surface area contributed by atoms with Crippen LogP contribution in [0.4, 0.5) is 5.69 Å². The summed E-state index contributed by atoms with van der Waals surface area (Å²) in [6.45, 7) is 3.07. The second-order valence-electron chi connectivity index (χ2n) is 8.95. The van der Waals surface area contributed by atoms with Crippen LogP contribution in [0, 0.1) is 0 Å². The fraction of sp³-hybridized carbons (Fsp3) is 0.652. The Morgan fingerprint density at radius 3 is 2.53 bits per heavy atom. The van der Waals surface area contributed by atoms with Crippen molar-refractivity contribution in [3.63, 3.8) is 0 Å². The Balaban J connectivity index is 1.98. The molecule has 3 rings (SSSR count). The van der Waals surface area contributed by atoms with Crippen molar-refractivity contribution in [3.8, 4) is 5.75 Å². The second-order valence-corrected chi connectivity index (χ2v) is 11.0.